The third-order valence-electron chi connectivity index (χ3n) is 5.91. The van der Waals surface area contributed by atoms with E-state index in [1.54, 1.807) is 0 Å². The average Bonchev–Trinajstić information content (AvgIpc) is 3.50. The smallest absolute Gasteiger partial charge is 0.181 e. The summed E-state index contributed by atoms with van der Waals surface area (Å²) >= 11 is 0. The Balaban J connectivity index is 1.59. The van der Waals surface area contributed by atoms with E-state index in [2.05, 4.69) is 87.3 Å². The number of hydrogen-bond donors (Lipinski definition) is 3. The first kappa shape index (κ1) is 22.3. The van der Waals surface area contributed by atoms with Crippen LogP contribution in [-0.2, 0) is 0 Å². The summed E-state index contributed by atoms with van der Waals surface area (Å²) in [5.41, 5.74) is 8.65. The zero-order valence-electron chi connectivity index (χ0n) is 20.1. The molecule has 0 spiro atoms. The third kappa shape index (κ3) is 4.38. The number of benzene rings is 1. The van der Waals surface area contributed by atoms with Crippen molar-refractivity contribution in [3.05, 3.63) is 97.0 Å². The van der Waals surface area contributed by atoms with Gasteiger partial charge in [0.2, 0.25) is 0 Å². The van der Waals surface area contributed by atoms with Crippen LogP contribution in [0.3, 0.4) is 0 Å². The predicted molar refractivity (Wildman–Crippen MR) is 145 cm³/mol. The molecule has 0 atom stereocenters. The maximum absolute atomic E-state index is 4.63. The molecule has 4 aromatic heterocycles. The molecule has 4 heterocycles. The maximum Gasteiger partial charge on any atom is 0.181 e. The van der Waals surface area contributed by atoms with E-state index in [1.807, 2.05) is 49.7 Å². The Morgan fingerprint density at radius 2 is 1.94 bits per heavy atom. The first-order valence-electron chi connectivity index (χ1n) is 11.7. The lowest BCUT2D eigenvalue weighted by molar-refractivity contribution is 0.682. The van der Waals surface area contributed by atoms with E-state index < -0.39 is 0 Å². The summed E-state index contributed by atoms with van der Waals surface area (Å²) in [5.74, 6) is 0. The van der Waals surface area contributed by atoms with Gasteiger partial charge in [-0.05, 0) is 68.8 Å². The molecule has 0 fully saturated rings. The number of allylic oxidation sites excluding steroid dienone is 4. The van der Waals surface area contributed by atoms with Crippen molar-refractivity contribution in [2.45, 2.75) is 26.8 Å². The van der Waals surface area contributed by atoms with Gasteiger partial charge in [0, 0.05) is 51.5 Å². The summed E-state index contributed by atoms with van der Waals surface area (Å²) in [7, 11) is 0. The second kappa shape index (κ2) is 9.43. The van der Waals surface area contributed by atoms with Crippen molar-refractivity contribution in [3.8, 4) is 22.6 Å². The van der Waals surface area contributed by atoms with E-state index in [4.69, 9.17) is 0 Å². The lowest BCUT2D eigenvalue weighted by atomic mass is 10.0. The van der Waals surface area contributed by atoms with E-state index in [0.717, 1.165) is 55.8 Å². The molecule has 0 aliphatic heterocycles. The van der Waals surface area contributed by atoms with Crippen molar-refractivity contribution in [3.63, 3.8) is 0 Å². The van der Waals surface area contributed by atoms with Gasteiger partial charge < -0.3 is 10.3 Å². The molecule has 0 aliphatic rings. The minimum Gasteiger partial charge on any atom is -0.383 e. The molecule has 35 heavy (non-hydrogen) atoms. The summed E-state index contributed by atoms with van der Waals surface area (Å²) in [5, 5.41) is 13.1. The van der Waals surface area contributed by atoms with Gasteiger partial charge in [-0.3, -0.25) is 10.1 Å². The molecule has 5 rings (SSSR count). The van der Waals surface area contributed by atoms with Crippen LogP contribution in [0.1, 0.15) is 26.3 Å². The van der Waals surface area contributed by atoms with E-state index in [1.165, 1.54) is 0 Å². The van der Waals surface area contributed by atoms with E-state index in [9.17, 15) is 0 Å². The van der Waals surface area contributed by atoms with Crippen LogP contribution in [0.2, 0.25) is 0 Å². The lowest BCUT2D eigenvalue weighted by Gasteiger charge is -2.12. The monoisotopic (exact) mass is 460 g/mol. The Kier molecular flexibility index (Phi) is 6.02. The molecule has 0 saturated carbocycles. The minimum absolute atomic E-state index is 0.316. The highest BCUT2D eigenvalue weighted by molar-refractivity contribution is 6.00. The van der Waals surface area contributed by atoms with Gasteiger partial charge in [0.25, 0.3) is 0 Å². The number of hydrogen-bond acceptors (Lipinski definition) is 4. The fourth-order valence-corrected chi connectivity index (χ4v) is 4.29. The molecule has 6 nitrogen and oxygen atoms in total. The standard InChI is InChI=1S/C29H28N6/c1-5-19(14-21(6-2)32-18(3)4)20-15-24-28(34-35-29(24)31-17-20)27-16-23-22(10-9-12-26(23)33-27)25-11-7-8-13-30-25/h5-18,32-33H,2H2,1,3-4H3,(H,31,34,35)/b19-5+,21-14+. The van der Waals surface area contributed by atoms with Gasteiger partial charge >= 0.3 is 0 Å². The van der Waals surface area contributed by atoms with Gasteiger partial charge in [0.1, 0.15) is 0 Å². The van der Waals surface area contributed by atoms with E-state index >= 15 is 0 Å². The van der Waals surface area contributed by atoms with Gasteiger partial charge in [-0.1, -0.05) is 30.9 Å². The highest BCUT2D eigenvalue weighted by Gasteiger charge is 2.15. The number of H-pyrrole nitrogens is 2. The van der Waals surface area contributed by atoms with Crippen LogP contribution < -0.4 is 5.32 Å². The van der Waals surface area contributed by atoms with Gasteiger partial charge in [-0.25, -0.2) is 4.98 Å². The molecule has 0 bridgehead atoms. The fourth-order valence-electron chi connectivity index (χ4n) is 4.29. The van der Waals surface area contributed by atoms with Crippen LogP contribution in [0.5, 0.6) is 0 Å². The number of aromatic amines is 2. The van der Waals surface area contributed by atoms with Crippen molar-refractivity contribution in [1.29, 1.82) is 0 Å². The highest BCUT2D eigenvalue weighted by Crippen LogP contribution is 2.33. The second-order valence-electron chi connectivity index (χ2n) is 8.71. The maximum atomic E-state index is 4.63. The van der Waals surface area contributed by atoms with Crippen LogP contribution in [-0.4, -0.2) is 31.2 Å². The SMILES string of the molecule is C=C/C(=C\C(=C/C)c1cnc2n[nH]c(-c3cc4c(-c5ccccn5)cccc4[nH]3)c2c1)NC(C)C. The van der Waals surface area contributed by atoms with Crippen molar-refractivity contribution in [2.24, 2.45) is 0 Å². The molecule has 0 amide bonds. The molecule has 0 unspecified atom stereocenters. The molecular weight excluding hydrogens is 432 g/mol. The molecule has 0 aliphatic carbocycles. The summed E-state index contributed by atoms with van der Waals surface area (Å²) < 4.78 is 0. The van der Waals surface area contributed by atoms with Crippen LogP contribution in [0.4, 0.5) is 0 Å². The number of rotatable bonds is 7. The van der Waals surface area contributed by atoms with Crippen LogP contribution >= 0.6 is 0 Å². The number of nitrogens with one attached hydrogen (secondary N) is 3. The molecule has 0 saturated heterocycles. The van der Waals surface area contributed by atoms with Crippen molar-refractivity contribution < 1.29 is 0 Å². The lowest BCUT2D eigenvalue weighted by Crippen LogP contribution is -2.20. The van der Waals surface area contributed by atoms with Crippen LogP contribution in [0, 0.1) is 0 Å². The van der Waals surface area contributed by atoms with Crippen molar-refractivity contribution in [2.75, 3.05) is 0 Å². The topological polar surface area (TPSA) is 82.3 Å². The largest absolute Gasteiger partial charge is 0.383 e. The summed E-state index contributed by atoms with van der Waals surface area (Å²) in [6.45, 7) is 10.2. The number of pyridine rings is 2. The first-order valence-corrected chi connectivity index (χ1v) is 11.7. The zero-order chi connectivity index (χ0) is 24.4. The Hall–Kier alpha value is -4.45. The fraction of sp³-hybridized carbons (Fsp3) is 0.138. The zero-order valence-corrected chi connectivity index (χ0v) is 20.1. The number of fused-ring (bicyclic) bond motifs is 2. The Bertz CT molecular complexity index is 1570. The normalized spacial score (nSPS) is 12.6. The molecular formula is C29H28N6. The van der Waals surface area contributed by atoms with Gasteiger partial charge in [-0.15, -0.1) is 0 Å². The van der Waals surface area contributed by atoms with Gasteiger partial charge in [-0.2, -0.15) is 5.10 Å². The highest BCUT2D eigenvalue weighted by atomic mass is 15.2. The van der Waals surface area contributed by atoms with Crippen molar-refractivity contribution >= 4 is 27.5 Å². The van der Waals surface area contributed by atoms with E-state index in [-0.39, 0.29) is 0 Å². The molecule has 174 valence electrons. The Morgan fingerprint density at radius 1 is 1.06 bits per heavy atom. The summed E-state index contributed by atoms with van der Waals surface area (Å²) in [6.07, 6.45) is 9.69. The average molecular weight is 461 g/mol. The number of nitrogens with zero attached hydrogens (tertiary/aromatic N) is 3. The molecule has 5 aromatic rings. The minimum atomic E-state index is 0.316. The van der Waals surface area contributed by atoms with Crippen LogP contribution in [0.25, 0.3) is 50.2 Å². The summed E-state index contributed by atoms with van der Waals surface area (Å²) in [4.78, 5) is 12.7. The molecule has 0 radical (unpaired) electrons. The quantitative estimate of drug-likeness (QED) is 0.238. The predicted octanol–water partition coefficient (Wildman–Crippen LogP) is 6.64. The Labute approximate surface area is 204 Å². The third-order valence-corrected chi connectivity index (χ3v) is 5.91. The van der Waals surface area contributed by atoms with Gasteiger partial charge in [0.15, 0.2) is 5.65 Å². The van der Waals surface area contributed by atoms with Gasteiger partial charge in [0.05, 0.1) is 17.1 Å². The molecule has 3 N–H and O–H groups in total. The Morgan fingerprint density at radius 3 is 2.69 bits per heavy atom. The summed E-state index contributed by atoms with van der Waals surface area (Å²) in [6, 6.07) is 16.8. The first-order chi connectivity index (χ1) is 17.1. The van der Waals surface area contributed by atoms with Crippen LogP contribution in [0.15, 0.2) is 91.4 Å². The van der Waals surface area contributed by atoms with Crippen molar-refractivity contribution in [1.82, 2.24) is 30.5 Å². The molecule has 6 heteroatoms. The molecule has 1 aromatic carbocycles. The second-order valence-corrected chi connectivity index (χ2v) is 8.71. The number of aromatic nitrogens is 5. The van der Waals surface area contributed by atoms with E-state index in [0.29, 0.717) is 11.7 Å².